The van der Waals surface area contributed by atoms with Crippen LogP contribution in [-0.2, 0) is 6.54 Å². The van der Waals surface area contributed by atoms with E-state index >= 15 is 0 Å². The van der Waals surface area contributed by atoms with E-state index in [4.69, 9.17) is 0 Å². The van der Waals surface area contributed by atoms with Crippen LogP contribution in [0.5, 0.6) is 0 Å². The van der Waals surface area contributed by atoms with Crippen LogP contribution in [0.1, 0.15) is 48.5 Å². The van der Waals surface area contributed by atoms with Gasteiger partial charge in [0, 0.05) is 25.2 Å². The van der Waals surface area contributed by atoms with E-state index in [1.54, 1.807) is 6.20 Å². The van der Waals surface area contributed by atoms with Crippen molar-refractivity contribution in [1.82, 2.24) is 14.7 Å². The summed E-state index contributed by atoms with van der Waals surface area (Å²) in [6.07, 6.45) is 7.31. The fourth-order valence-corrected chi connectivity index (χ4v) is 4.75. The van der Waals surface area contributed by atoms with Crippen molar-refractivity contribution >= 4 is 5.91 Å². The second kappa shape index (κ2) is 6.88. The van der Waals surface area contributed by atoms with E-state index in [1.807, 2.05) is 34.0 Å². The van der Waals surface area contributed by atoms with E-state index in [-0.39, 0.29) is 11.8 Å². The molecule has 0 spiro atoms. The van der Waals surface area contributed by atoms with Crippen molar-refractivity contribution in [3.63, 3.8) is 0 Å². The molecule has 1 saturated carbocycles. The smallest absolute Gasteiger partial charge is 0.257 e. The summed E-state index contributed by atoms with van der Waals surface area (Å²) in [6, 6.07) is 10.1. The molecular weight excluding hydrogens is 326 g/mol. The third-order valence-corrected chi connectivity index (χ3v) is 6.28. The second-order valence-corrected chi connectivity index (χ2v) is 7.84. The fraction of sp³-hybridized carbons (Fsp3) is 0.524. The summed E-state index contributed by atoms with van der Waals surface area (Å²) in [5, 5.41) is 15.3. The van der Waals surface area contributed by atoms with Crippen molar-refractivity contribution in [2.45, 2.75) is 44.8 Å². The highest BCUT2D eigenvalue weighted by Gasteiger charge is 2.48. The van der Waals surface area contributed by atoms with Crippen LogP contribution >= 0.6 is 0 Å². The fourth-order valence-electron chi connectivity index (χ4n) is 4.75. The number of aromatic nitrogens is 2. The highest BCUT2D eigenvalue weighted by molar-refractivity contribution is 5.94. The number of hydrogen-bond acceptors (Lipinski definition) is 3. The molecule has 2 aromatic rings. The molecule has 26 heavy (non-hydrogen) atoms. The lowest BCUT2D eigenvalue weighted by atomic mass is 9.69. The first-order valence-electron chi connectivity index (χ1n) is 9.67. The SMILES string of the molecule is CC[C@]1(O)CCC[C@H]2CN(C(=O)c3cnn(Cc4ccccc4)c3)C[C@H]21. The molecule has 2 fully saturated rings. The van der Waals surface area contributed by atoms with Crippen molar-refractivity contribution in [2.24, 2.45) is 11.8 Å². The summed E-state index contributed by atoms with van der Waals surface area (Å²) in [6.45, 7) is 4.14. The average Bonchev–Trinajstić information content (AvgIpc) is 3.30. The van der Waals surface area contributed by atoms with Crippen LogP contribution in [-0.4, -0.2) is 44.4 Å². The zero-order chi connectivity index (χ0) is 18.1. The predicted octanol–water partition coefficient (Wildman–Crippen LogP) is 2.94. The van der Waals surface area contributed by atoms with Crippen molar-refractivity contribution in [2.75, 3.05) is 13.1 Å². The topological polar surface area (TPSA) is 58.4 Å². The van der Waals surface area contributed by atoms with Crippen molar-refractivity contribution in [1.29, 1.82) is 0 Å². The van der Waals surface area contributed by atoms with E-state index in [0.717, 1.165) is 37.8 Å². The summed E-state index contributed by atoms with van der Waals surface area (Å²) in [5.74, 6) is 0.679. The highest BCUT2D eigenvalue weighted by Crippen LogP contribution is 2.44. The number of benzene rings is 1. The molecule has 2 heterocycles. The zero-order valence-corrected chi connectivity index (χ0v) is 15.3. The number of carbonyl (C=O) groups is 1. The quantitative estimate of drug-likeness (QED) is 0.919. The summed E-state index contributed by atoms with van der Waals surface area (Å²) in [5.41, 5.74) is 1.20. The maximum atomic E-state index is 12.9. The Morgan fingerprint density at radius 3 is 2.88 bits per heavy atom. The Morgan fingerprint density at radius 2 is 2.12 bits per heavy atom. The first-order chi connectivity index (χ1) is 12.6. The molecule has 0 unspecified atom stereocenters. The molecule has 1 saturated heterocycles. The van der Waals surface area contributed by atoms with Gasteiger partial charge in [0.05, 0.1) is 23.9 Å². The Hall–Kier alpha value is -2.14. The number of likely N-dealkylation sites (tertiary alicyclic amines) is 1. The molecule has 138 valence electrons. The number of hydrogen-bond donors (Lipinski definition) is 1. The number of fused-ring (bicyclic) bond motifs is 1. The third-order valence-electron chi connectivity index (χ3n) is 6.28. The molecule has 1 N–H and O–H groups in total. The maximum absolute atomic E-state index is 12.9. The van der Waals surface area contributed by atoms with Gasteiger partial charge in [-0.3, -0.25) is 9.48 Å². The summed E-state index contributed by atoms with van der Waals surface area (Å²) in [7, 11) is 0. The third kappa shape index (κ3) is 3.16. The Labute approximate surface area is 154 Å². The first-order valence-corrected chi connectivity index (χ1v) is 9.67. The van der Waals surface area contributed by atoms with Gasteiger partial charge in [-0.1, -0.05) is 43.7 Å². The standard InChI is InChI=1S/C21H27N3O2/c1-2-21(26)10-6-9-17-13-23(15-19(17)21)20(25)18-11-22-24(14-18)12-16-7-4-3-5-8-16/h3-5,7-8,11,14,17,19,26H,2,6,9-10,12-13,15H2,1H3/t17-,19+,21-/m0/s1. The van der Waals surface area contributed by atoms with E-state index in [2.05, 4.69) is 24.2 Å². The van der Waals surface area contributed by atoms with Gasteiger partial charge < -0.3 is 10.0 Å². The number of aliphatic hydroxyl groups is 1. The Bertz CT molecular complexity index is 773. The lowest BCUT2D eigenvalue weighted by Crippen LogP contribution is -2.44. The van der Waals surface area contributed by atoms with Gasteiger partial charge >= 0.3 is 0 Å². The molecule has 1 aromatic heterocycles. The second-order valence-electron chi connectivity index (χ2n) is 7.84. The van der Waals surface area contributed by atoms with Gasteiger partial charge in [-0.2, -0.15) is 5.10 Å². The van der Waals surface area contributed by atoms with Crippen molar-refractivity contribution in [3.05, 3.63) is 53.9 Å². The monoisotopic (exact) mass is 353 g/mol. The van der Waals surface area contributed by atoms with E-state index in [1.165, 1.54) is 0 Å². The lowest BCUT2D eigenvalue weighted by Gasteiger charge is -2.40. The minimum atomic E-state index is -0.602. The van der Waals surface area contributed by atoms with Gasteiger partial charge in [0.1, 0.15) is 0 Å². The van der Waals surface area contributed by atoms with Crippen molar-refractivity contribution in [3.8, 4) is 0 Å². The van der Waals surface area contributed by atoms with E-state index in [9.17, 15) is 9.90 Å². The van der Waals surface area contributed by atoms with Crippen LogP contribution < -0.4 is 0 Å². The van der Waals surface area contributed by atoms with Crippen molar-refractivity contribution < 1.29 is 9.90 Å². The van der Waals surface area contributed by atoms with Gasteiger partial charge in [0.15, 0.2) is 0 Å². The number of nitrogens with zero attached hydrogens (tertiary/aromatic N) is 3. The molecule has 0 bridgehead atoms. The Balaban J connectivity index is 1.45. The van der Waals surface area contributed by atoms with Crippen LogP contribution in [0.25, 0.3) is 0 Å². The Morgan fingerprint density at radius 1 is 1.31 bits per heavy atom. The van der Waals surface area contributed by atoms with Gasteiger partial charge in [-0.05, 0) is 30.7 Å². The molecule has 0 radical (unpaired) electrons. The maximum Gasteiger partial charge on any atom is 0.257 e. The van der Waals surface area contributed by atoms with Gasteiger partial charge in [-0.15, -0.1) is 0 Å². The minimum absolute atomic E-state index is 0.0390. The predicted molar refractivity (Wildman–Crippen MR) is 99.7 cm³/mol. The molecule has 2 aliphatic rings. The molecule has 1 aliphatic carbocycles. The van der Waals surface area contributed by atoms with Gasteiger partial charge in [0.25, 0.3) is 5.91 Å². The summed E-state index contributed by atoms with van der Waals surface area (Å²) < 4.78 is 1.81. The summed E-state index contributed by atoms with van der Waals surface area (Å²) >= 11 is 0. The molecule has 3 atom stereocenters. The highest BCUT2D eigenvalue weighted by atomic mass is 16.3. The van der Waals surface area contributed by atoms with E-state index < -0.39 is 5.60 Å². The van der Waals surface area contributed by atoms with E-state index in [0.29, 0.717) is 24.6 Å². The number of carbonyl (C=O) groups excluding carboxylic acids is 1. The lowest BCUT2D eigenvalue weighted by molar-refractivity contribution is -0.0609. The number of amides is 1. The molecule has 5 nitrogen and oxygen atoms in total. The van der Waals surface area contributed by atoms with Gasteiger partial charge in [0.2, 0.25) is 0 Å². The van der Waals surface area contributed by atoms with Crippen LogP contribution in [0.2, 0.25) is 0 Å². The van der Waals surface area contributed by atoms with Crippen LogP contribution in [0.4, 0.5) is 0 Å². The average molecular weight is 353 g/mol. The van der Waals surface area contributed by atoms with Crippen LogP contribution in [0.15, 0.2) is 42.7 Å². The molecule has 1 aromatic carbocycles. The van der Waals surface area contributed by atoms with Crippen LogP contribution in [0, 0.1) is 11.8 Å². The summed E-state index contributed by atoms with van der Waals surface area (Å²) in [4.78, 5) is 14.9. The molecular formula is C21H27N3O2. The molecule has 1 aliphatic heterocycles. The number of rotatable bonds is 4. The largest absolute Gasteiger partial charge is 0.390 e. The zero-order valence-electron chi connectivity index (χ0n) is 15.3. The molecule has 1 amide bonds. The van der Waals surface area contributed by atoms with Crippen LogP contribution in [0.3, 0.4) is 0 Å². The molecule has 5 heteroatoms. The van der Waals surface area contributed by atoms with Gasteiger partial charge in [-0.25, -0.2) is 0 Å². The first kappa shape index (κ1) is 17.3. The minimum Gasteiger partial charge on any atom is -0.390 e. The molecule has 4 rings (SSSR count). The normalized spacial score (nSPS) is 28.2. The Kier molecular flexibility index (Phi) is 4.57.